The molecule has 0 saturated heterocycles. The first-order chi connectivity index (χ1) is 8.34. The summed E-state index contributed by atoms with van der Waals surface area (Å²) < 4.78 is 0. The Morgan fingerprint density at radius 3 is 2.11 bits per heavy atom. The molecule has 1 amide bonds. The molecule has 2 nitrogen and oxygen atoms in total. The minimum Gasteiger partial charge on any atom is -0.339 e. The summed E-state index contributed by atoms with van der Waals surface area (Å²) in [5.74, 6) is 1.22. The summed E-state index contributed by atoms with van der Waals surface area (Å²) in [5.41, 5.74) is 0.292. The van der Waals surface area contributed by atoms with Gasteiger partial charge in [0.2, 0.25) is 5.91 Å². The molecular weight excluding hydrogens is 246 g/mol. The molecule has 0 bridgehead atoms. The van der Waals surface area contributed by atoms with Gasteiger partial charge in [-0.1, -0.05) is 27.7 Å². The standard InChI is InChI=1S/C15H26ClNO/c1-14(2)12(15(14,3)4)13(18)17(10-6-9-16)11-7-5-8-11/h11-12H,5-10H2,1-4H3. The Morgan fingerprint density at radius 1 is 1.22 bits per heavy atom. The van der Waals surface area contributed by atoms with Crippen LogP contribution in [0, 0.1) is 16.7 Å². The molecule has 2 aliphatic carbocycles. The molecule has 2 rings (SSSR count). The van der Waals surface area contributed by atoms with Crippen LogP contribution in [0.25, 0.3) is 0 Å². The Kier molecular flexibility index (Phi) is 3.70. The average Bonchev–Trinajstić information content (AvgIpc) is 2.60. The van der Waals surface area contributed by atoms with Crippen LogP contribution in [0.3, 0.4) is 0 Å². The fraction of sp³-hybridized carbons (Fsp3) is 0.933. The molecule has 3 heteroatoms. The summed E-state index contributed by atoms with van der Waals surface area (Å²) in [4.78, 5) is 14.9. The van der Waals surface area contributed by atoms with Crippen LogP contribution < -0.4 is 0 Å². The molecule has 0 N–H and O–H groups in total. The van der Waals surface area contributed by atoms with Crippen LogP contribution in [-0.2, 0) is 4.79 Å². The van der Waals surface area contributed by atoms with Crippen molar-refractivity contribution in [3.63, 3.8) is 0 Å². The smallest absolute Gasteiger partial charge is 0.227 e. The minimum atomic E-state index is 0.146. The van der Waals surface area contributed by atoms with Crippen LogP contribution in [0.2, 0.25) is 0 Å². The lowest BCUT2D eigenvalue weighted by Crippen LogP contribution is -2.46. The third kappa shape index (κ3) is 2.07. The number of alkyl halides is 1. The van der Waals surface area contributed by atoms with E-state index in [1.165, 1.54) is 19.3 Å². The van der Waals surface area contributed by atoms with Crippen LogP contribution in [0.1, 0.15) is 53.4 Å². The summed E-state index contributed by atoms with van der Waals surface area (Å²) in [6.07, 6.45) is 4.55. The van der Waals surface area contributed by atoms with Gasteiger partial charge in [0.25, 0.3) is 0 Å². The van der Waals surface area contributed by atoms with Gasteiger partial charge in [0.15, 0.2) is 0 Å². The van der Waals surface area contributed by atoms with Gasteiger partial charge in [-0.3, -0.25) is 4.79 Å². The van der Waals surface area contributed by atoms with Crippen LogP contribution in [-0.4, -0.2) is 29.3 Å². The molecule has 18 heavy (non-hydrogen) atoms. The molecule has 0 spiro atoms. The van der Waals surface area contributed by atoms with Gasteiger partial charge in [-0.15, -0.1) is 11.6 Å². The van der Waals surface area contributed by atoms with E-state index in [-0.39, 0.29) is 16.7 Å². The van der Waals surface area contributed by atoms with Crippen LogP contribution in [0.4, 0.5) is 0 Å². The van der Waals surface area contributed by atoms with Crippen molar-refractivity contribution in [1.82, 2.24) is 4.90 Å². The fourth-order valence-corrected chi connectivity index (χ4v) is 3.50. The molecule has 2 saturated carbocycles. The number of nitrogens with zero attached hydrogens (tertiary/aromatic N) is 1. The zero-order valence-electron chi connectivity index (χ0n) is 12.1. The molecule has 0 heterocycles. The lowest BCUT2D eigenvalue weighted by atomic mass is 9.90. The molecule has 0 radical (unpaired) electrons. The second-order valence-corrected chi connectivity index (χ2v) is 7.41. The normalized spacial score (nSPS) is 25.6. The van der Waals surface area contributed by atoms with Crippen molar-refractivity contribution in [2.45, 2.75) is 59.4 Å². The summed E-state index contributed by atoms with van der Waals surface area (Å²) in [6, 6.07) is 0.493. The van der Waals surface area contributed by atoms with E-state index in [1.807, 2.05) is 0 Å². The Balaban J connectivity index is 2.05. The van der Waals surface area contributed by atoms with Gasteiger partial charge >= 0.3 is 0 Å². The highest BCUT2D eigenvalue weighted by molar-refractivity contribution is 6.17. The molecule has 0 unspecified atom stereocenters. The Morgan fingerprint density at radius 2 is 1.78 bits per heavy atom. The van der Waals surface area contributed by atoms with E-state index in [2.05, 4.69) is 32.6 Å². The van der Waals surface area contributed by atoms with Crippen molar-refractivity contribution >= 4 is 17.5 Å². The quantitative estimate of drug-likeness (QED) is 0.699. The van der Waals surface area contributed by atoms with E-state index in [4.69, 9.17) is 11.6 Å². The molecular formula is C15H26ClNO. The lowest BCUT2D eigenvalue weighted by Gasteiger charge is -2.38. The van der Waals surface area contributed by atoms with Gasteiger partial charge in [-0.2, -0.15) is 0 Å². The van der Waals surface area contributed by atoms with Crippen LogP contribution in [0.5, 0.6) is 0 Å². The van der Waals surface area contributed by atoms with Crippen LogP contribution in [0.15, 0.2) is 0 Å². The number of hydrogen-bond acceptors (Lipinski definition) is 1. The third-order valence-corrected chi connectivity index (χ3v) is 5.87. The van der Waals surface area contributed by atoms with Crippen molar-refractivity contribution < 1.29 is 4.79 Å². The second-order valence-electron chi connectivity index (χ2n) is 7.04. The van der Waals surface area contributed by atoms with Gasteiger partial charge in [-0.25, -0.2) is 0 Å². The first-order valence-electron chi connectivity index (χ1n) is 7.20. The average molecular weight is 272 g/mol. The predicted octanol–water partition coefficient (Wildman–Crippen LogP) is 3.68. The third-order valence-electron chi connectivity index (χ3n) is 5.60. The first kappa shape index (κ1) is 14.2. The molecule has 0 aliphatic heterocycles. The Bertz CT molecular complexity index is 319. The maximum atomic E-state index is 12.8. The van der Waals surface area contributed by atoms with Crippen molar-refractivity contribution in [2.75, 3.05) is 12.4 Å². The molecule has 0 atom stereocenters. The highest BCUT2D eigenvalue weighted by Crippen LogP contribution is 2.69. The summed E-state index contributed by atoms with van der Waals surface area (Å²) >= 11 is 5.79. The number of halogens is 1. The molecule has 0 aromatic carbocycles. The van der Waals surface area contributed by atoms with Gasteiger partial charge < -0.3 is 4.90 Å². The zero-order chi connectivity index (χ0) is 13.6. The van der Waals surface area contributed by atoms with Gasteiger partial charge in [0.1, 0.15) is 0 Å². The lowest BCUT2D eigenvalue weighted by molar-refractivity contribution is -0.138. The second kappa shape index (κ2) is 4.70. The van der Waals surface area contributed by atoms with Crippen molar-refractivity contribution in [3.8, 4) is 0 Å². The predicted molar refractivity (Wildman–Crippen MR) is 75.7 cm³/mol. The number of carbonyl (C=O) groups excluding carboxylic acids is 1. The number of carbonyl (C=O) groups is 1. The van der Waals surface area contributed by atoms with E-state index in [1.54, 1.807) is 0 Å². The van der Waals surface area contributed by atoms with E-state index >= 15 is 0 Å². The highest BCUT2D eigenvalue weighted by atomic mass is 35.5. The fourth-order valence-electron chi connectivity index (χ4n) is 3.38. The Labute approximate surface area is 116 Å². The SMILES string of the molecule is CC1(C)C(C(=O)N(CCCCl)C2CCC2)C1(C)C. The largest absolute Gasteiger partial charge is 0.339 e. The number of hydrogen-bond donors (Lipinski definition) is 0. The highest BCUT2D eigenvalue weighted by Gasteiger charge is 2.69. The summed E-state index contributed by atoms with van der Waals surface area (Å²) in [7, 11) is 0. The van der Waals surface area contributed by atoms with Crippen molar-refractivity contribution in [2.24, 2.45) is 16.7 Å². The maximum absolute atomic E-state index is 12.8. The van der Waals surface area contributed by atoms with Gasteiger partial charge in [-0.05, 0) is 36.5 Å². The Hall–Kier alpha value is -0.240. The van der Waals surface area contributed by atoms with Crippen molar-refractivity contribution in [3.05, 3.63) is 0 Å². The minimum absolute atomic E-state index is 0.146. The molecule has 0 aromatic heterocycles. The van der Waals surface area contributed by atoms with E-state index in [9.17, 15) is 4.79 Å². The molecule has 0 aromatic rings. The van der Waals surface area contributed by atoms with Gasteiger partial charge in [0.05, 0.1) is 0 Å². The van der Waals surface area contributed by atoms with Crippen molar-refractivity contribution in [1.29, 1.82) is 0 Å². The van der Waals surface area contributed by atoms with Crippen LogP contribution >= 0.6 is 11.6 Å². The topological polar surface area (TPSA) is 20.3 Å². The maximum Gasteiger partial charge on any atom is 0.227 e. The van der Waals surface area contributed by atoms with E-state index in [0.717, 1.165) is 13.0 Å². The monoisotopic (exact) mass is 271 g/mol. The molecule has 104 valence electrons. The molecule has 2 aliphatic rings. The summed E-state index contributed by atoms with van der Waals surface area (Å²) in [5, 5.41) is 0. The van der Waals surface area contributed by atoms with E-state index < -0.39 is 0 Å². The number of rotatable bonds is 5. The number of amides is 1. The molecule has 2 fully saturated rings. The first-order valence-corrected chi connectivity index (χ1v) is 7.74. The summed E-state index contributed by atoms with van der Waals surface area (Å²) in [6.45, 7) is 9.72. The van der Waals surface area contributed by atoms with E-state index in [0.29, 0.717) is 17.8 Å². The zero-order valence-corrected chi connectivity index (χ0v) is 12.9. The van der Waals surface area contributed by atoms with Gasteiger partial charge in [0, 0.05) is 24.4 Å².